The number of sulfonamides is 1. The number of carboxylic acids is 1. The van der Waals surface area contributed by atoms with E-state index in [0.29, 0.717) is 6.42 Å². The first-order valence-electron chi connectivity index (χ1n) is 11.1. The minimum atomic E-state index is -3.43. The van der Waals surface area contributed by atoms with Crippen LogP contribution >= 0.6 is 0 Å². The first-order chi connectivity index (χ1) is 13.4. The van der Waals surface area contributed by atoms with Crippen molar-refractivity contribution in [2.24, 2.45) is 0 Å². The van der Waals surface area contributed by atoms with Crippen LogP contribution in [-0.2, 0) is 19.6 Å². The molecule has 0 aromatic rings. The van der Waals surface area contributed by atoms with Gasteiger partial charge in [-0.15, -0.1) is 0 Å². The molecule has 0 saturated heterocycles. The third-order valence-corrected chi connectivity index (χ3v) is 5.77. The summed E-state index contributed by atoms with van der Waals surface area (Å²) in [5, 5.41) is 8.54. The van der Waals surface area contributed by atoms with Crippen LogP contribution in [0.15, 0.2) is 0 Å². The Kier molecular flexibility index (Phi) is 21.4. The number of carbonyl (C=O) groups is 2. The highest BCUT2D eigenvalue weighted by atomic mass is 32.2. The summed E-state index contributed by atoms with van der Waals surface area (Å²) in [6.07, 6.45) is 14.0. The lowest BCUT2D eigenvalue weighted by atomic mass is 10.0. The van der Waals surface area contributed by atoms with E-state index in [9.17, 15) is 18.0 Å². The van der Waals surface area contributed by atoms with Crippen LogP contribution in [0.5, 0.6) is 0 Å². The van der Waals surface area contributed by atoms with Gasteiger partial charge in [-0.1, -0.05) is 85.0 Å². The predicted octanol–water partition coefficient (Wildman–Crippen LogP) is 5.41. The van der Waals surface area contributed by atoms with Crippen molar-refractivity contribution in [1.29, 1.82) is 0 Å². The maximum absolute atomic E-state index is 11.5. The molecular formula is C21H43NO5S. The largest absolute Gasteiger partial charge is 0.481 e. The van der Waals surface area contributed by atoms with Crippen molar-refractivity contribution in [3.63, 3.8) is 0 Å². The Hall–Kier alpha value is -1.11. The van der Waals surface area contributed by atoms with Crippen LogP contribution in [-0.4, -0.2) is 31.2 Å². The van der Waals surface area contributed by atoms with E-state index >= 15 is 0 Å². The van der Waals surface area contributed by atoms with Crippen LogP contribution < -0.4 is 4.72 Å². The van der Waals surface area contributed by atoms with Gasteiger partial charge >= 0.3 is 5.97 Å². The minimum absolute atomic E-state index is 0.00107. The summed E-state index contributed by atoms with van der Waals surface area (Å²) in [6, 6.07) is 0. The molecule has 0 spiro atoms. The normalized spacial score (nSPS) is 10.8. The topological polar surface area (TPSA) is 101 Å². The van der Waals surface area contributed by atoms with Gasteiger partial charge in [0.15, 0.2) is 0 Å². The molecule has 0 rings (SSSR count). The SMILES string of the molecule is CC.CCCS(=O)(=O)NC(=O)CCCCCCCCCCCCCCC(=O)O. The van der Waals surface area contributed by atoms with Gasteiger partial charge < -0.3 is 5.11 Å². The summed E-state index contributed by atoms with van der Waals surface area (Å²) in [7, 11) is -3.43. The summed E-state index contributed by atoms with van der Waals surface area (Å²) in [5.41, 5.74) is 0. The van der Waals surface area contributed by atoms with E-state index in [2.05, 4.69) is 4.72 Å². The molecule has 7 heteroatoms. The van der Waals surface area contributed by atoms with Gasteiger partial charge in [0.2, 0.25) is 15.9 Å². The van der Waals surface area contributed by atoms with Crippen molar-refractivity contribution in [2.45, 2.75) is 117 Å². The summed E-state index contributed by atoms with van der Waals surface area (Å²) in [4.78, 5) is 21.9. The van der Waals surface area contributed by atoms with Crippen LogP contribution in [0.1, 0.15) is 117 Å². The molecular weight excluding hydrogens is 378 g/mol. The van der Waals surface area contributed by atoms with E-state index in [1.807, 2.05) is 13.8 Å². The van der Waals surface area contributed by atoms with E-state index in [1.54, 1.807) is 6.92 Å². The number of carboxylic acid groups (broad SMARTS) is 1. The summed E-state index contributed by atoms with van der Waals surface area (Å²) in [5.74, 6) is -1.09. The fourth-order valence-electron chi connectivity index (χ4n) is 2.87. The first kappa shape index (κ1) is 29.1. The zero-order valence-corrected chi connectivity index (χ0v) is 19.1. The Morgan fingerprint density at radius 2 is 1.07 bits per heavy atom. The third-order valence-electron chi connectivity index (χ3n) is 4.29. The molecule has 0 radical (unpaired) electrons. The Balaban J connectivity index is 0. The van der Waals surface area contributed by atoms with E-state index in [0.717, 1.165) is 44.9 Å². The predicted molar refractivity (Wildman–Crippen MR) is 116 cm³/mol. The molecule has 0 saturated carbocycles. The Bertz CT molecular complexity index is 477. The van der Waals surface area contributed by atoms with Crippen LogP contribution in [0.2, 0.25) is 0 Å². The van der Waals surface area contributed by atoms with Crippen molar-refractivity contribution in [2.75, 3.05) is 5.75 Å². The number of carbonyl (C=O) groups excluding carboxylic acids is 1. The highest BCUT2D eigenvalue weighted by molar-refractivity contribution is 7.90. The number of amides is 1. The monoisotopic (exact) mass is 421 g/mol. The maximum atomic E-state index is 11.5. The van der Waals surface area contributed by atoms with Crippen LogP contribution in [0.3, 0.4) is 0 Å². The molecule has 0 unspecified atom stereocenters. The third kappa shape index (κ3) is 22.9. The van der Waals surface area contributed by atoms with Gasteiger partial charge in [0.25, 0.3) is 0 Å². The minimum Gasteiger partial charge on any atom is -0.481 e. The van der Waals surface area contributed by atoms with Crippen molar-refractivity contribution < 1.29 is 23.1 Å². The van der Waals surface area contributed by atoms with Crippen LogP contribution in [0.4, 0.5) is 0 Å². The molecule has 0 aliphatic carbocycles. The van der Waals surface area contributed by atoms with Gasteiger partial charge in [0.1, 0.15) is 0 Å². The first-order valence-corrected chi connectivity index (χ1v) is 12.8. The van der Waals surface area contributed by atoms with Crippen molar-refractivity contribution >= 4 is 21.9 Å². The molecule has 0 aliphatic rings. The van der Waals surface area contributed by atoms with Gasteiger partial charge in [0.05, 0.1) is 5.75 Å². The van der Waals surface area contributed by atoms with Crippen molar-refractivity contribution in [3.8, 4) is 0 Å². The van der Waals surface area contributed by atoms with Gasteiger partial charge in [-0.05, 0) is 19.3 Å². The van der Waals surface area contributed by atoms with Crippen LogP contribution in [0.25, 0.3) is 0 Å². The number of nitrogens with one attached hydrogen (secondary N) is 1. The molecule has 1 amide bonds. The Morgan fingerprint density at radius 3 is 1.43 bits per heavy atom. The van der Waals surface area contributed by atoms with E-state index in [-0.39, 0.29) is 24.5 Å². The Labute approximate surface area is 172 Å². The van der Waals surface area contributed by atoms with Gasteiger partial charge in [-0.3, -0.25) is 14.3 Å². The summed E-state index contributed by atoms with van der Waals surface area (Å²) >= 11 is 0. The molecule has 28 heavy (non-hydrogen) atoms. The Morgan fingerprint density at radius 1 is 0.714 bits per heavy atom. The number of unbranched alkanes of at least 4 members (excludes halogenated alkanes) is 11. The maximum Gasteiger partial charge on any atom is 0.303 e. The van der Waals surface area contributed by atoms with Crippen molar-refractivity contribution in [1.82, 2.24) is 4.72 Å². The summed E-state index contributed by atoms with van der Waals surface area (Å²) in [6.45, 7) is 5.77. The number of aliphatic carboxylic acids is 1. The fourth-order valence-corrected chi connectivity index (χ4v) is 3.96. The average molecular weight is 422 g/mol. The van der Waals surface area contributed by atoms with Gasteiger partial charge in [-0.25, -0.2) is 8.42 Å². The molecule has 168 valence electrons. The van der Waals surface area contributed by atoms with Crippen molar-refractivity contribution in [3.05, 3.63) is 0 Å². The second kappa shape index (κ2) is 20.6. The lowest BCUT2D eigenvalue weighted by molar-refractivity contribution is -0.137. The molecule has 0 bridgehead atoms. The molecule has 0 heterocycles. The molecule has 6 nitrogen and oxygen atoms in total. The molecule has 0 fully saturated rings. The standard InChI is InChI=1S/C19H37NO5S.C2H6/c1-2-17-26(24,25)20-18(21)15-13-11-9-7-5-3-4-6-8-10-12-14-16-19(22)23;1-2/h2-17H2,1H3,(H,20,21)(H,22,23);1-2H3. The number of rotatable bonds is 18. The summed E-state index contributed by atoms with van der Waals surface area (Å²) < 4.78 is 25.0. The lowest BCUT2D eigenvalue weighted by Gasteiger charge is -2.06. The zero-order chi connectivity index (χ0) is 21.7. The lowest BCUT2D eigenvalue weighted by Crippen LogP contribution is -2.32. The molecule has 0 aliphatic heterocycles. The van der Waals surface area contributed by atoms with E-state index in [1.165, 1.54) is 32.1 Å². The molecule has 0 aromatic carbocycles. The molecule has 0 aromatic heterocycles. The molecule has 0 atom stereocenters. The second-order valence-corrected chi connectivity index (χ2v) is 8.82. The van der Waals surface area contributed by atoms with Gasteiger partial charge in [-0.2, -0.15) is 0 Å². The van der Waals surface area contributed by atoms with Gasteiger partial charge in [0, 0.05) is 12.8 Å². The fraction of sp³-hybridized carbons (Fsp3) is 0.905. The quantitative estimate of drug-likeness (QED) is 0.288. The zero-order valence-electron chi connectivity index (χ0n) is 18.3. The number of hydrogen-bond acceptors (Lipinski definition) is 4. The number of hydrogen-bond donors (Lipinski definition) is 2. The van der Waals surface area contributed by atoms with E-state index in [4.69, 9.17) is 5.11 Å². The van der Waals surface area contributed by atoms with Crippen LogP contribution in [0, 0.1) is 0 Å². The smallest absolute Gasteiger partial charge is 0.303 e. The average Bonchev–Trinajstić information content (AvgIpc) is 2.62. The highest BCUT2D eigenvalue weighted by Gasteiger charge is 2.12. The highest BCUT2D eigenvalue weighted by Crippen LogP contribution is 2.13. The van der Waals surface area contributed by atoms with E-state index < -0.39 is 16.0 Å². The molecule has 2 N–H and O–H groups in total. The second-order valence-electron chi connectivity index (χ2n) is 6.98.